The molecule has 0 amide bonds. The maximum Gasteiger partial charge on any atom is 0.321 e. The van der Waals surface area contributed by atoms with Crippen LogP contribution in [0.3, 0.4) is 0 Å². The maximum atomic E-state index is 12.0. The van der Waals surface area contributed by atoms with Gasteiger partial charge in [-0.2, -0.15) is 37.9 Å². The largest absolute Gasteiger partial charge is 0.464 e. The second-order valence-electron chi connectivity index (χ2n) is 8.22. The number of hydrogen-bond donors (Lipinski definition) is 3. The third kappa shape index (κ3) is 9.41. The summed E-state index contributed by atoms with van der Waals surface area (Å²) in [5.74, 6) is -1.60. The van der Waals surface area contributed by atoms with Gasteiger partial charge in [0.25, 0.3) is 0 Å². The van der Waals surface area contributed by atoms with E-state index in [-0.39, 0.29) is 19.8 Å². The van der Waals surface area contributed by atoms with E-state index in [9.17, 15) is 14.4 Å². The highest BCUT2D eigenvalue weighted by molar-refractivity contribution is 7.83. The Morgan fingerprint density at radius 3 is 0.923 bits per heavy atom. The summed E-state index contributed by atoms with van der Waals surface area (Å²) in [6.45, 7) is 10.9. The van der Waals surface area contributed by atoms with Gasteiger partial charge in [0, 0.05) is 0 Å². The van der Waals surface area contributed by atoms with Crippen LogP contribution >= 0.6 is 37.9 Å². The number of rotatable bonds is 9. The van der Waals surface area contributed by atoms with Gasteiger partial charge in [0.2, 0.25) is 0 Å². The van der Waals surface area contributed by atoms with Crippen LogP contribution in [-0.2, 0) is 28.6 Å². The molecule has 0 bridgehead atoms. The van der Waals surface area contributed by atoms with Crippen molar-refractivity contribution in [2.75, 3.05) is 19.8 Å². The SMILES string of the molecule is CC(COC(=O)C(C)(C)S)(COC(=O)C(C)(C)S)COC(=O)C(C)(C)S. The molecule has 0 aromatic heterocycles. The summed E-state index contributed by atoms with van der Waals surface area (Å²) >= 11 is 12.5. The quantitative estimate of drug-likeness (QED) is 0.299. The second-order valence-corrected chi connectivity index (χ2v) is 11.6. The van der Waals surface area contributed by atoms with E-state index in [1.165, 1.54) is 0 Å². The van der Waals surface area contributed by atoms with Crippen LogP contribution in [0, 0.1) is 5.41 Å². The van der Waals surface area contributed by atoms with E-state index in [0.717, 1.165) is 0 Å². The van der Waals surface area contributed by atoms with Crippen molar-refractivity contribution in [2.24, 2.45) is 5.41 Å². The predicted molar refractivity (Wildman–Crippen MR) is 110 cm³/mol. The summed E-state index contributed by atoms with van der Waals surface area (Å²) in [5.41, 5.74) is -0.932. The molecule has 0 atom stereocenters. The molecule has 0 heterocycles. The molecule has 0 radical (unpaired) electrons. The lowest BCUT2D eigenvalue weighted by Gasteiger charge is -2.31. The molecule has 0 aliphatic rings. The molecular formula is C17H30O6S3. The van der Waals surface area contributed by atoms with E-state index in [0.29, 0.717) is 0 Å². The average molecular weight is 427 g/mol. The van der Waals surface area contributed by atoms with Gasteiger partial charge in [-0.3, -0.25) is 14.4 Å². The smallest absolute Gasteiger partial charge is 0.321 e. The van der Waals surface area contributed by atoms with Gasteiger partial charge in [-0.25, -0.2) is 0 Å². The van der Waals surface area contributed by atoms with Crippen molar-refractivity contribution < 1.29 is 28.6 Å². The van der Waals surface area contributed by atoms with E-state index in [1.807, 2.05) is 0 Å². The molecule has 9 heteroatoms. The molecule has 0 fully saturated rings. The summed E-state index contributed by atoms with van der Waals surface area (Å²) in [5, 5.41) is 0. The Morgan fingerprint density at radius 2 is 0.769 bits per heavy atom. The number of thiol groups is 3. The maximum absolute atomic E-state index is 12.0. The summed E-state index contributed by atoms with van der Waals surface area (Å²) < 4.78 is 12.9. The lowest BCUT2D eigenvalue weighted by atomic mass is 9.94. The molecule has 0 rings (SSSR count). The van der Waals surface area contributed by atoms with E-state index < -0.39 is 37.6 Å². The van der Waals surface area contributed by atoms with Crippen LogP contribution in [0.2, 0.25) is 0 Å². The topological polar surface area (TPSA) is 78.9 Å². The molecule has 0 unspecified atom stereocenters. The zero-order valence-corrected chi connectivity index (χ0v) is 19.1. The minimum Gasteiger partial charge on any atom is -0.464 e. The molecule has 0 aliphatic carbocycles. The Bertz CT molecular complexity index is 452. The van der Waals surface area contributed by atoms with Crippen molar-refractivity contribution in [3.8, 4) is 0 Å². The molecule has 152 valence electrons. The first-order valence-electron chi connectivity index (χ1n) is 8.07. The van der Waals surface area contributed by atoms with E-state index in [1.54, 1.807) is 48.5 Å². The van der Waals surface area contributed by atoms with Crippen molar-refractivity contribution in [1.82, 2.24) is 0 Å². The molecule has 0 saturated heterocycles. The Morgan fingerprint density at radius 1 is 0.577 bits per heavy atom. The van der Waals surface area contributed by atoms with Crippen LogP contribution < -0.4 is 0 Å². The van der Waals surface area contributed by atoms with Crippen molar-refractivity contribution in [3.63, 3.8) is 0 Å². The lowest BCUT2D eigenvalue weighted by molar-refractivity contribution is -0.162. The van der Waals surface area contributed by atoms with Gasteiger partial charge in [0.1, 0.15) is 34.1 Å². The molecule has 0 aromatic rings. The van der Waals surface area contributed by atoms with Crippen LogP contribution in [0.1, 0.15) is 48.5 Å². The van der Waals surface area contributed by atoms with E-state index in [2.05, 4.69) is 37.9 Å². The number of carbonyl (C=O) groups excluding carboxylic acids is 3. The van der Waals surface area contributed by atoms with Gasteiger partial charge in [0.15, 0.2) is 0 Å². The minimum atomic E-state index is -0.978. The molecule has 0 aliphatic heterocycles. The summed E-state index contributed by atoms with van der Waals surface area (Å²) in [7, 11) is 0. The third-order valence-corrected chi connectivity index (χ3v) is 3.70. The fourth-order valence-corrected chi connectivity index (χ4v) is 1.57. The number of esters is 3. The first kappa shape index (κ1) is 25.5. The van der Waals surface area contributed by atoms with Crippen LogP contribution in [0.5, 0.6) is 0 Å². The molecule has 0 N–H and O–H groups in total. The summed E-state index contributed by atoms with van der Waals surface area (Å²) in [6.07, 6.45) is 0. The van der Waals surface area contributed by atoms with Crippen LogP contribution in [0.25, 0.3) is 0 Å². The zero-order chi connectivity index (χ0) is 21.0. The average Bonchev–Trinajstić information content (AvgIpc) is 2.45. The monoisotopic (exact) mass is 426 g/mol. The molecule has 26 heavy (non-hydrogen) atoms. The predicted octanol–water partition coefficient (Wildman–Crippen LogP) is 2.75. The van der Waals surface area contributed by atoms with Gasteiger partial charge in [-0.1, -0.05) is 0 Å². The Balaban J connectivity index is 5.10. The zero-order valence-electron chi connectivity index (χ0n) is 16.4. The lowest BCUT2D eigenvalue weighted by Crippen LogP contribution is -2.42. The molecule has 0 spiro atoms. The highest BCUT2D eigenvalue weighted by Gasteiger charge is 2.36. The second kappa shape index (κ2) is 9.10. The Kier molecular flexibility index (Phi) is 8.91. The van der Waals surface area contributed by atoms with Crippen molar-refractivity contribution >= 4 is 55.8 Å². The van der Waals surface area contributed by atoms with Crippen LogP contribution in [-0.4, -0.2) is 52.0 Å². The van der Waals surface area contributed by atoms with Crippen molar-refractivity contribution in [3.05, 3.63) is 0 Å². The van der Waals surface area contributed by atoms with Gasteiger partial charge < -0.3 is 14.2 Å². The molecular weight excluding hydrogens is 396 g/mol. The highest BCUT2D eigenvalue weighted by Crippen LogP contribution is 2.25. The Hall–Kier alpha value is -0.540. The Labute approximate surface area is 172 Å². The van der Waals surface area contributed by atoms with E-state index >= 15 is 0 Å². The van der Waals surface area contributed by atoms with Gasteiger partial charge in [-0.15, -0.1) is 0 Å². The standard InChI is InChI=1S/C17H30O6S3/c1-14(2,24)11(18)21-8-17(7,9-22-12(19)15(3,4)25)10-23-13(20)16(5,6)26/h24-26H,8-10H2,1-7H3. The normalized spacial score (nSPS) is 13.2. The van der Waals surface area contributed by atoms with Crippen LogP contribution in [0.15, 0.2) is 0 Å². The first-order valence-corrected chi connectivity index (χ1v) is 9.41. The number of carbonyl (C=O) groups is 3. The van der Waals surface area contributed by atoms with Gasteiger partial charge in [-0.05, 0) is 48.5 Å². The van der Waals surface area contributed by atoms with Gasteiger partial charge in [0.05, 0.1) is 5.41 Å². The van der Waals surface area contributed by atoms with Crippen LogP contribution in [0.4, 0.5) is 0 Å². The summed E-state index contributed by atoms with van der Waals surface area (Å²) in [4.78, 5) is 35.9. The third-order valence-electron chi connectivity index (χ3n) is 3.15. The fourth-order valence-electron chi connectivity index (χ4n) is 1.37. The van der Waals surface area contributed by atoms with Crippen molar-refractivity contribution in [2.45, 2.75) is 62.7 Å². The van der Waals surface area contributed by atoms with Crippen molar-refractivity contribution in [1.29, 1.82) is 0 Å². The fraction of sp³-hybridized carbons (Fsp3) is 0.824. The number of ether oxygens (including phenoxy) is 3. The minimum absolute atomic E-state index is 0.115. The first-order chi connectivity index (χ1) is 11.4. The molecule has 0 aromatic carbocycles. The van der Waals surface area contributed by atoms with Gasteiger partial charge >= 0.3 is 17.9 Å². The summed E-state index contributed by atoms with van der Waals surface area (Å²) in [6, 6.07) is 0. The van der Waals surface area contributed by atoms with E-state index in [4.69, 9.17) is 14.2 Å². The highest BCUT2D eigenvalue weighted by atomic mass is 32.1. The molecule has 0 saturated carbocycles. The molecule has 6 nitrogen and oxygen atoms in total. The number of hydrogen-bond acceptors (Lipinski definition) is 9.